The Hall–Kier alpha value is 0. The zero-order valence-corrected chi connectivity index (χ0v) is 13.3. The van der Waals surface area contributed by atoms with E-state index in [2.05, 4.69) is 41.5 Å². The summed E-state index contributed by atoms with van der Waals surface area (Å²) >= 11 is 0. The van der Waals surface area contributed by atoms with Crippen LogP contribution in [0, 0.1) is 17.3 Å². The molecule has 0 saturated heterocycles. The van der Waals surface area contributed by atoms with E-state index < -0.39 is 0 Å². The molecule has 0 aromatic carbocycles. The van der Waals surface area contributed by atoms with E-state index in [1.165, 1.54) is 51.4 Å². The molecule has 0 nitrogen and oxygen atoms in total. The Morgan fingerprint density at radius 1 is 0.647 bits per heavy atom. The van der Waals surface area contributed by atoms with Crippen molar-refractivity contribution in [2.24, 2.45) is 17.3 Å². The van der Waals surface area contributed by atoms with Crippen LogP contribution in [0.2, 0.25) is 0 Å². The molecule has 0 amide bonds. The average Bonchev–Trinajstić information content (AvgIpc) is 2.26. The predicted molar refractivity (Wildman–Crippen MR) is 80.4 cm³/mol. The maximum absolute atomic E-state index is 2.44. The molecule has 0 heterocycles. The Balaban J connectivity index is 4.50. The van der Waals surface area contributed by atoms with Gasteiger partial charge in [0.15, 0.2) is 0 Å². The van der Waals surface area contributed by atoms with E-state index in [1.54, 1.807) is 0 Å². The molecule has 0 atom stereocenters. The van der Waals surface area contributed by atoms with Crippen molar-refractivity contribution in [3.05, 3.63) is 0 Å². The molecule has 0 aliphatic carbocycles. The van der Waals surface area contributed by atoms with Crippen molar-refractivity contribution in [3.8, 4) is 0 Å². The van der Waals surface area contributed by atoms with Gasteiger partial charge in [-0.15, -0.1) is 0 Å². The Labute approximate surface area is 111 Å². The predicted octanol–water partition coefficient (Wildman–Crippen LogP) is 6.45. The topological polar surface area (TPSA) is 0 Å². The molecule has 0 fully saturated rings. The van der Waals surface area contributed by atoms with Gasteiger partial charge in [0.25, 0.3) is 0 Å². The van der Waals surface area contributed by atoms with Crippen molar-refractivity contribution < 1.29 is 0 Å². The molecule has 0 aromatic rings. The number of hydrogen-bond acceptors (Lipinski definition) is 0. The summed E-state index contributed by atoms with van der Waals surface area (Å²) in [5.74, 6) is 1.66. The van der Waals surface area contributed by atoms with E-state index in [1.807, 2.05) is 0 Å². The molecule has 0 aromatic heterocycles. The summed E-state index contributed by atoms with van der Waals surface area (Å²) in [5.41, 5.74) is 0.602. The second-order valence-electron chi connectivity index (χ2n) is 6.46. The Morgan fingerprint density at radius 3 is 1.24 bits per heavy atom. The van der Waals surface area contributed by atoms with Crippen molar-refractivity contribution in [3.63, 3.8) is 0 Å². The standard InChI is InChI=1S/C17H36/c1-7-9-11-13-17(15(3)4,16(5)6)14-12-10-8-2/h15-16H,7-14H2,1-6H3. The summed E-state index contributed by atoms with van der Waals surface area (Å²) in [7, 11) is 0. The maximum atomic E-state index is 2.44. The van der Waals surface area contributed by atoms with Gasteiger partial charge in [0.1, 0.15) is 0 Å². The van der Waals surface area contributed by atoms with Gasteiger partial charge in [-0.3, -0.25) is 0 Å². The van der Waals surface area contributed by atoms with Crippen LogP contribution >= 0.6 is 0 Å². The molecular weight excluding hydrogens is 204 g/mol. The Morgan fingerprint density at radius 2 is 1.00 bits per heavy atom. The summed E-state index contributed by atoms with van der Waals surface area (Å²) in [6.07, 6.45) is 11.3. The first-order chi connectivity index (χ1) is 8.01. The lowest BCUT2D eigenvalue weighted by Gasteiger charge is -2.42. The first-order valence-corrected chi connectivity index (χ1v) is 8.01. The number of hydrogen-bond donors (Lipinski definition) is 0. The van der Waals surface area contributed by atoms with Crippen LogP contribution in [0.5, 0.6) is 0 Å². The highest BCUT2D eigenvalue weighted by Crippen LogP contribution is 2.45. The molecule has 0 radical (unpaired) electrons. The van der Waals surface area contributed by atoms with Crippen LogP contribution in [-0.2, 0) is 0 Å². The minimum absolute atomic E-state index is 0.602. The van der Waals surface area contributed by atoms with Crippen molar-refractivity contribution in [1.82, 2.24) is 0 Å². The van der Waals surface area contributed by atoms with Gasteiger partial charge in [0, 0.05) is 0 Å². The highest BCUT2D eigenvalue weighted by atomic mass is 14.4. The third kappa shape index (κ3) is 5.44. The lowest BCUT2D eigenvalue weighted by molar-refractivity contribution is 0.0779. The second-order valence-corrected chi connectivity index (χ2v) is 6.46. The van der Waals surface area contributed by atoms with Crippen LogP contribution in [0.3, 0.4) is 0 Å². The summed E-state index contributed by atoms with van der Waals surface area (Å²) in [5, 5.41) is 0. The third-order valence-corrected chi connectivity index (χ3v) is 4.79. The molecule has 0 bridgehead atoms. The molecule has 17 heavy (non-hydrogen) atoms. The van der Waals surface area contributed by atoms with Crippen LogP contribution in [0.1, 0.15) is 92.9 Å². The molecule has 0 heteroatoms. The van der Waals surface area contributed by atoms with Crippen LogP contribution in [0.15, 0.2) is 0 Å². The Kier molecular flexibility index (Phi) is 9.00. The molecule has 0 spiro atoms. The first-order valence-electron chi connectivity index (χ1n) is 8.01. The van der Waals surface area contributed by atoms with Gasteiger partial charge in [-0.1, -0.05) is 80.1 Å². The van der Waals surface area contributed by atoms with Gasteiger partial charge in [-0.05, 0) is 30.1 Å². The van der Waals surface area contributed by atoms with Gasteiger partial charge in [0.2, 0.25) is 0 Å². The van der Waals surface area contributed by atoms with Crippen molar-refractivity contribution >= 4 is 0 Å². The van der Waals surface area contributed by atoms with E-state index in [9.17, 15) is 0 Å². The lowest BCUT2D eigenvalue weighted by atomic mass is 9.63. The molecule has 0 aliphatic rings. The fraction of sp³-hybridized carbons (Fsp3) is 1.00. The summed E-state index contributed by atoms with van der Waals surface area (Å²) in [6, 6.07) is 0. The van der Waals surface area contributed by atoms with E-state index >= 15 is 0 Å². The van der Waals surface area contributed by atoms with Gasteiger partial charge in [-0.2, -0.15) is 0 Å². The first kappa shape index (κ1) is 17.0. The molecular formula is C17H36. The average molecular weight is 240 g/mol. The van der Waals surface area contributed by atoms with Crippen LogP contribution < -0.4 is 0 Å². The molecule has 0 saturated carbocycles. The van der Waals surface area contributed by atoms with Crippen LogP contribution in [-0.4, -0.2) is 0 Å². The zero-order valence-electron chi connectivity index (χ0n) is 13.3. The van der Waals surface area contributed by atoms with E-state index in [4.69, 9.17) is 0 Å². The van der Waals surface area contributed by atoms with Gasteiger partial charge in [0.05, 0.1) is 0 Å². The minimum atomic E-state index is 0.602. The van der Waals surface area contributed by atoms with E-state index in [0.29, 0.717) is 5.41 Å². The number of rotatable bonds is 10. The molecule has 0 rings (SSSR count). The smallest absolute Gasteiger partial charge is 0.0251 e. The number of unbranched alkanes of at least 4 members (excludes halogenated alkanes) is 4. The van der Waals surface area contributed by atoms with Crippen molar-refractivity contribution in [2.45, 2.75) is 92.9 Å². The SMILES string of the molecule is CCCCCC(CCCCC)(C(C)C)C(C)C. The molecule has 104 valence electrons. The van der Waals surface area contributed by atoms with E-state index in [-0.39, 0.29) is 0 Å². The summed E-state index contributed by atoms with van der Waals surface area (Å²) < 4.78 is 0. The van der Waals surface area contributed by atoms with Gasteiger partial charge in [-0.25, -0.2) is 0 Å². The van der Waals surface area contributed by atoms with E-state index in [0.717, 1.165) is 11.8 Å². The Bertz CT molecular complexity index is 147. The minimum Gasteiger partial charge on any atom is -0.0654 e. The summed E-state index contributed by atoms with van der Waals surface area (Å²) in [4.78, 5) is 0. The highest BCUT2D eigenvalue weighted by molar-refractivity contribution is 4.85. The quantitative estimate of drug-likeness (QED) is 0.385. The van der Waals surface area contributed by atoms with Gasteiger partial charge >= 0.3 is 0 Å². The zero-order chi connectivity index (χ0) is 13.3. The summed E-state index contributed by atoms with van der Waals surface area (Å²) in [6.45, 7) is 14.4. The molecule has 0 aliphatic heterocycles. The maximum Gasteiger partial charge on any atom is -0.0251 e. The van der Waals surface area contributed by atoms with Crippen LogP contribution in [0.25, 0.3) is 0 Å². The largest absolute Gasteiger partial charge is 0.0654 e. The second kappa shape index (κ2) is 9.00. The van der Waals surface area contributed by atoms with Crippen LogP contribution in [0.4, 0.5) is 0 Å². The normalized spacial score (nSPS) is 12.7. The molecule has 0 unspecified atom stereocenters. The van der Waals surface area contributed by atoms with Gasteiger partial charge < -0.3 is 0 Å². The molecule has 0 N–H and O–H groups in total. The monoisotopic (exact) mass is 240 g/mol. The fourth-order valence-electron chi connectivity index (χ4n) is 3.35. The van der Waals surface area contributed by atoms with Crippen molar-refractivity contribution in [1.29, 1.82) is 0 Å². The van der Waals surface area contributed by atoms with Crippen molar-refractivity contribution in [2.75, 3.05) is 0 Å². The highest BCUT2D eigenvalue weighted by Gasteiger charge is 2.35. The lowest BCUT2D eigenvalue weighted by Crippen LogP contribution is -2.33. The third-order valence-electron chi connectivity index (χ3n) is 4.79. The fourth-order valence-corrected chi connectivity index (χ4v) is 3.35.